The smallest absolute Gasteiger partial charge is 0.0700 e. The quantitative estimate of drug-likeness (QED) is 0.459. The van der Waals surface area contributed by atoms with Crippen molar-refractivity contribution in [1.29, 1.82) is 0 Å². The van der Waals surface area contributed by atoms with Crippen LogP contribution in [0.5, 0.6) is 0 Å². The zero-order chi connectivity index (χ0) is 13.3. The third-order valence-electron chi connectivity index (χ3n) is 2.58. The van der Waals surface area contributed by atoms with Crippen molar-refractivity contribution in [3.63, 3.8) is 0 Å². The summed E-state index contributed by atoms with van der Waals surface area (Å²) in [6.45, 7) is 8.26. The summed E-state index contributed by atoms with van der Waals surface area (Å²) in [5.74, 6) is 0. The highest BCUT2D eigenvalue weighted by Crippen LogP contribution is 1.95. The van der Waals surface area contributed by atoms with Gasteiger partial charge >= 0.3 is 0 Å². The maximum absolute atomic E-state index is 5.49. The molecule has 0 saturated carbocycles. The van der Waals surface area contributed by atoms with Crippen LogP contribution in [0.15, 0.2) is 0 Å². The number of unbranched alkanes of at least 4 members (excludes halogenated alkanes) is 2. The van der Waals surface area contributed by atoms with Crippen LogP contribution in [0.4, 0.5) is 0 Å². The molecule has 4 heteroatoms. The predicted octanol–water partition coefficient (Wildman–Crippen LogP) is 2.23. The van der Waals surface area contributed by atoms with Gasteiger partial charge in [0, 0.05) is 26.9 Å². The fourth-order valence-corrected chi connectivity index (χ4v) is 1.56. The predicted molar refractivity (Wildman–Crippen MR) is 75.1 cm³/mol. The lowest BCUT2D eigenvalue weighted by Crippen LogP contribution is -2.15. The molecule has 0 atom stereocenters. The highest BCUT2D eigenvalue weighted by atomic mass is 16.5. The number of hydrogen-bond acceptors (Lipinski definition) is 4. The lowest BCUT2D eigenvalue weighted by Gasteiger charge is -2.06. The molecule has 0 aromatic heterocycles. The highest BCUT2D eigenvalue weighted by Gasteiger charge is 1.92. The first kappa shape index (κ1) is 17.8. The van der Waals surface area contributed by atoms with Gasteiger partial charge < -0.3 is 19.5 Å². The molecule has 0 aromatic rings. The van der Waals surface area contributed by atoms with Gasteiger partial charge in [-0.15, -0.1) is 0 Å². The average Bonchev–Trinajstić information content (AvgIpc) is 2.39. The van der Waals surface area contributed by atoms with E-state index in [1.807, 2.05) is 0 Å². The fraction of sp³-hybridized carbons (Fsp3) is 1.00. The Bertz CT molecular complexity index is 129. The Morgan fingerprint density at radius 1 is 0.722 bits per heavy atom. The van der Waals surface area contributed by atoms with Crippen molar-refractivity contribution in [2.24, 2.45) is 0 Å². The number of rotatable bonds is 15. The monoisotopic (exact) mass is 261 g/mol. The van der Waals surface area contributed by atoms with E-state index in [0.29, 0.717) is 13.2 Å². The number of ether oxygens (including phenoxy) is 3. The van der Waals surface area contributed by atoms with Gasteiger partial charge in [-0.05, 0) is 45.2 Å². The van der Waals surface area contributed by atoms with Gasteiger partial charge in [-0.1, -0.05) is 6.92 Å². The van der Waals surface area contributed by atoms with Gasteiger partial charge in [0.1, 0.15) is 0 Å². The van der Waals surface area contributed by atoms with Gasteiger partial charge in [-0.25, -0.2) is 0 Å². The van der Waals surface area contributed by atoms with E-state index >= 15 is 0 Å². The number of nitrogens with one attached hydrogen (secondary N) is 1. The molecular formula is C14H31NO3. The lowest BCUT2D eigenvalue weighted by atomic mass is 10.2. The lowest BCUT2D eigenvalue weighted by molar-refractivity contribution is 0.0387. The van der Waals surface area contributed by atoms with E-state index in [2.05, 4.69) is 12.2 Å². The first-order valence-electron chi connectivity index (χ1n) is 7.27. The van der Waals surface area contributed by atoms with Crippen LogP contribution in [0.3, 0.4) is 0 Å². The molecule has 0 radical (unpaired) electrons. The van der Waals surface area contributed by atoms with Crippen molar-refractivity contribution in [1.82, 2.24) is 5.32 Å². The van der Waals surface area contributed by atoms with Crippen LogP contribution < -0.4 is 5.32 Å². The van der Waals surface area contributed by atoms with Crippen LogP contribution in [-0.4, -0.2) is 53.2 Å². The van der Waals surface area contributed by atoms with Gasteiger partial charge in [0.25, 0.3) is 0 Å². The molecule has 4 nitrogen and oxygen atoms in total. The normalized spacial score (nSPS) is 11.0. The summed E-state index contributed by atoms with van der Waals surface area (Å²) in [4.78, 5) is 0. The van der Waals surface area contributed by atoms with Gasteiger partial charge in [-0.2, -0.15) is 0 Å². The maximum atomic E-state index is 5.49. The first-order valence-corrected chi connectivity index (χ1v) is 7.27. The van der Waals surface area contributed by atoms with E-state index in [4.69, 9.17) is 14.2 Å². The molecule has 0 unspecified atom stereocenters. The molecule has 0 aliphatic rings. The molecule has 0 aliphatic carbocycles. The van der Waals surface area contributed by atoms with E-state index in [0.717, 1.165) is 45.8 Å². The molecule has 1 N–H and O–H groups in total. The topological polar surface area (TPSA) is 39.7 Å². The summed E-state index contributed by atoms with van der Waals surface area (Å²) < 4.78 is 15.8. The zero-order valence-electron chi connectivity index (χ0n) is 12.2. The molecule has 0 rings (SSSR count). The van der Waals surface area contributed by atoms with Crippen LogP contribution in [-0.2, 0) is 14.2 Å². The van der Waals surface area contributed by atoms with Gasteiger partial charge in [0.2, 0.25) is 0 Å². The van der Waals surface area contributed by atoms with Gasteiger partial charge in [0.05, 0.1) is 13.2 Å². The minimum atomic E-state index is 0.696. The van der Waals surface area contributed by atoms with Crippen LogP contribution in [0.1, 0.15) is 39.0 Å². The van der Waals surface area contributed by atoms with Gasteiger partial charge in [0.15, 0.2) is 0 Å². The minimum absolute atomic E-state index is 0.696. The van der Waals surface area contributed by atoms with Crippen LogP contribution in [0.2, 0.25) is 0 Å². The summed E-state index contributed by atoms with van der Waals surface area (Å²) in [5, 5.41) is 3.40. The summed E-state index contributed by atoms with van der Waals surface area (Å²) in [6.07, 6.45) is 5.81. The van der Waals surface area contributed by atoms with Crippen molar-refractivity contribution in [3.05, 3.63) is 0 Å². The Balaban J connectivity index is 2.86. The minimum Gasteiger partial charge on any atom is -0.385 e. The molecule has 0 aliphatic heterocycles. The summed E-state index contributed by atoms with van der Waals surface area (Å²) in [5.41, 5.74) is 0. The second-order valence-electron chi connectivity index (χ2n) is 4.38. The third-order valence-corrected chi connectivity index (χ3v) is 2.58. The largest absolute Gasteiger partial charge is 0.385 e. The molecular weight excluding hydrogens is 230 g/mol. The van der Waals surface area contributed by atoms with E-state index in [1.54, 1.807) is 7.11 Å². The molecule has 0 spiro atoms. The Morgan fingerprint density at radius 2 is 1.44 bits per heavy atom. The Hall–Kier alpha value is -0.160. The molecule has 0 aromatic carbocycles. The van der Waals surface area contributed by atoms with Crippen molar-refractivity contribution in [3.8, 4) is 0 Å². The molecule has 0 heterocycles. The summed E-state index contributed by atoms with van der Waals surface area (Å²) >= 11 is 0. The highest BCUT2D eigenvalue weighted by molar-refractivity contribution is 4.47. The van der Waals surface area contributed by atoms with Crippen LogP contribution >= 0.6 is 0 Å². The van der Waals surface area contributed by atoms with Crippen molar-refractivity contribution >= 4 is 0 Å². The molecule has 0 bridgehead atoms. The van der Waals surface area contributed by atoms with E-state index in [1.165, 1.54) is 19.3 Å². The van der Waals surface area contributed by atoms with Crippen molar-refractivity contribution in [2.45, 2.75) is 39.0 Å². The van der Waals surface area contributed by atoms with Crippen LogP contribution in [0.25, 0.3) is 0 Å². The number of methoxy groups -OCH3 is 1. The Labute approximate surface area is 112 Å². The molecule has 110 valence electrons. The van der Waals surface area contributed by atoms with Crippen molar-refractivity contribution in [2.75, 3.05) is 53.2 Å². The van der Waals surface area contributed by atoms with Crippen molar-refractivity contribution < 1.29 is 14.2 Å². The molecule has 18 heavy (non-hydrogen) atoms. The molecule has 0 saturated heterocycles. The second-order valence-corrected chi connectivity index (χ2v) is 4.38. The Kier molecular flexibility index (Phi) is 16.7. The standard InChI is InChI=1S/C14H31NO3/c1-3-8-15-9-5-4-6-11-17-13-14-18-12-7-10-16-2/h15H,3-14H2,1-2H3. The Morgan fingerprint density at radius 3 is 2.11 bits per heavy atom. The van der Waals surface area contributed by atoms with Gasteiger partial charge in [-0.3, -0.25) is 0 Å². The van der Waals surface area contributed by atoms with E-state index in [9.17, 15) is 0 Å². The molecule has 0 fully saturated rings. The summed E-state index contributed by atoms with van der Waals surface area (Å²) in [6, 6.07) is 0. The SMILES string of the molecule is CCCNCCCCCOCCOCCCOC. The third kappa shape index (κ3) is 15.8. The average molecular weight is 261 g/mol. The van der Waals surface area contributed by atoms with Crippen LogP contribution in [0, 0.1) is 0 Å². The molecule has 0 amide bonds. The summed E-state index contributed by atoms with van der Waals surface area (Å²) in [7, 11) is 1.71. The van der Waals surface area contributed by atoms with E-state index in [-0.39, 0.29) is 0 Å². The fourth-order valence-electron chi connectivity index (χ4n) is 1.56. The maximum Gasteiger partial charge on any atom is 0.0700 e. The number of hydrogen-bond donors (Lipinski definition) is 1. The first-order chi connectivity index (χ1) is 8.91. The van der Waals surface area contributed by atoms with E-state index < -0.39 is 0 Å². The zero-order valence-corrected chi connectivity index (χ0v) is 12.2. The second kappa shape index (κ2) is 16.8.